The maximum atomic E-state index is 8.95. The van der Waals surface area contributed by atoms with Crippen molar-refractivity contribution < 1.29 is 4.74 Å². The molecule has 2 rings (SSSR count). The lowest BCUT2D eigenvalue weighted by molar-refractivity contribution is 0.0846. The molecule has 0 saturated carbocycles. The van der Waals surface area contributed by atoms with Gasteiger partial charge in [0, 0.05) is 19.1 Å². The molecule has 0 bridgehead atoms. The van der Waals surface area contributed by atoms with E-state index in [2.05, 4.69) is 11.1 Å². The van der Waals surface area contributed by atoms with Crippen molar-refractivity contribution in [1.82, 2.24) is 4.98 Å². The Hall–Kier alpha value is -1.60. The van der Waals surface area contributed by atoms with Crippen molar-refractivity contribution in [2.45, 2.75) is 25.7 Å². The lowest BCUT2D eigenvalue weighted by atomic mass is 9.94. The standard InChI is InChI=1S/C12H15N3O/c1-8-6-10(14)12(15-11(8)7-13)9-2-4-16-5-3-9/h6,9H,2-5,14H2,1H3. The van der Waals surface area contributed by atoms with Crippen LogP contribution in [0.5, 0.6) is 0 Å². The molecule has 0 spiro atoms. The number of aryl methyl sites for hydroxylation is 1. The first-order valence-corrected chi connectivity index (χ1v) is 5.47. The number of anilines is 1. The van der Waals surface area contributed by atoms with Gasteiger partial charge in [0.05, 0.1) is 11.4 Å². The summed E-state index contributed by atoms with van der Waals surface area (Å²) in [6.45, 7) is 3.36. The van der Waals surface area contributed by atoms with Crippen LogP contribution in [0.4, 0.5) is 5.69 Å². The number of nitrogens with zero attached hydrogens (tertiary/aromatic N) is 2. The molecular formula is C12H15N3O. The second-order valence-corrected chi connectivity index (χ2v) is 4.13. The quantitative estimate of drug-likeness (QED) is 0.777. The number of pyridine rings is 1. The number of nitrogen functional groups attached to an aromatic ring is 1. The molecule has 0 atom stereocenters. The molecule has 0 amide bonds. The number of rotatable bonds is 1. The van der Waals surface area contributed by atoms with E-state index in [4.69, 9.17) is 15.7 Å². The molecule has 0 radical (unpaired) electrons. The van der Waals surface area contributed by atoms with E-state index >= 15 is 0 Å². The van der Waals surface area contributed by atoms with Crippen LogP contribution in [0.15, 0.2) is 6.07 Å². The van der Waals surface area contributed by atoms with E-state index in [-0.39, 0.29) is 0 Å². The van der Waals surface area contributed by atoms with E-state index in [1.807, 2.05) is 13.0 Å². The highest BCUT2D eigenvalue weighted by Crippen LogP contribution is 2.30. The predicted octanol–water partition coefficient (Wildman–Crippen LogP) is 1.74. The number of hydrogen-bond acceptors (Lipinski definition) is 4. The zero-order valence-electron chi connectivity index (χ0n) is 9.36. The average molecular weight is 217 g/mol. The SMILES string of the molecule is Cc1cc(N)c(C2CCOCC2)nc1C#N. The van der Waals surface area contributed by atoms with Gasteiger partial charge in [-0.1, -0.05) is 0 Å². The lowest BCUT2D eigenvalue weighted by Crippen LogP contribution is -2.17. The van der Waals surface area contributed by atoms with Gasteiger partial charge in [-0.3, -0.25) is 0 Å². The van der Waals surface area contributed by atoms with Gasteiger partial charge in [-0.05, 0) is 31.4 Å². The van der Waals surface area contributed by atoms with Gasteiger partial charge >= 0.3 is 0 Å². The molecule has 1 aromatic heterocycles. The van der Waals surface area contributed by atoms with Crippen LogP contribution in [0.1, 0.15) is 35.7 Å². The Morgan fingerprint density at radius 2 is 2.19 bits per heavy atom. The van der Waals surface area contributed by atoms with Crippen LogP contribution in [0, 0.1) is 18.3 Å². The lowest BCUT2D eigenvalue weighted by Gasteiger charge is -2.23. The molecule has 1 aliphatic heterocycles. The molecule has 2 N–H and O–H groups in total. The topological polar surface area (TPSA) is 71.9 Å². The molecule has 0 aliphatic carbocycles. The minimum atomic E-state index is 0.335. The Balaban J connectivity index is 2.36. The van der Waals surface area contributed by atoms with Gasteiger partial charge in [-0.25, -0.2) is 4.98 Å². The second kappa shape index (κ2) is 4.50. The van der Waals surface area contributed by atoms with E-state index in [0.717, 1.165) is 37.3 Å². The smallest absolute Gasteiger partial charge is 0.143 e. The van der Waals surface area contributed by atoms with Crippen LogP contribution in [0.2, 0.25) is 0 Å². The third-order valence-corrected chi connectivity index (χ3v) is 2.99. The first kappa shape index (κ1) is 10.9. The molecule has 16 heavy (non-hydrogen) atoms. The van der Waals surface area contributed by atoms with Crippen LogP contribution < -0.4 is 5.73 Å². The Morgan fingerprint density at radius 1 is 1.50 bits per heavy atom. The van der Waals surface area contributed by atoms with Gasteiger partial charge in [0.25, 0.3) is 0 Å². The van der Waals surface area contributed by atoms with Gasteiger partial charge in [0.15, 0.2) is 0 Å². The van der Waals surface area contributed by atoms with E-state index < -0.39 is 0 Å². The van der Waals surface area contributed by atoms with E-state index in [0.29, 0.717) is 17.3 Å². The van der Waals surface area contributed by atoms with Gasteiger partial charge in [0.2, 0.25) is 0 Å². The summed E-state index contributed by atoms with van der Waals surface area (Å²) in [7, 11) is 0. The first-order chi connectivity index (χ1) is 7.72. The summed E-state index contributed by atoms with van der Waals surface area (Å²) in [6, 6.07) is 3.95. The number of nitriles is 1. The Morgan fingerprint density at radius 3 is 2.81 bits per heavy atom. The highest BCUT2D eigenvalue weighted by atomic mass is 16.5. The highest BCUT2D eigenvalue weighted by molar-refractivity contribution is 5.50. The van der Waals surface area contributed by atoms with Crippen LogP contribution >= 0.6 is 0 Å². The summed E-state index contributed by atoms with van der Waals surface area (Å²) < 4.78 is 5.31. The minimum absolute atomic E-state index is 0.335. The second-order valence-electron chi connectivity index (χ2n) is 4.13. The van der Waals surface area contributed by atoms with Crippen molar-refractivity contribution in [2.75, 3.05) is 18.9 Å². The van der Waals surface area contributed by atoms with Crippen molar-refractivity contribution in [3.05, 3.63) is 23.0 Å². The predicted molar refractivity (Wildman–Crippen MR) is 60.9 cm³/mol. The molecule has 84 valence electrons. The van der Waals surface area contributed by atoms with Crippen molar-refractivity contribution in [3.8, 4) is 6.07 Å². The number of aromatic nitrogens is 1. The van der Waals surface area contributed by atoms with Crippen molar-refractivity contribution in [2.24, 2.45) is 0 Å². The summed E-state index contributed by atoms with van der Waals surface area (Å²) in [5.41, 5.74) is 8.85. The fourth-order valence-electron chi connectivity index (χ4n) is 2.06. The van der Waals surface area contributed by atoms with Crippen molar-refractivity contribution in [1.29, 1.82) is 5.26 Å². The summed E-state index contributed by atoms with van der Waals surface area (Å²) in [5, 5.41) is 8.95. The zero-order chi connectivity index (χ0) is 11.5. The van der Waals surface area contributed by atoms with E-state index in [9.17, 15) is 0 Å². The van der Waals surface area contributed by atoms with E-state index in [1.165, 1.54) is 0 Å². The van der Waals surface area contributed by atoms with Gasteiger partial charge < -0.3 is 10.5 Å². The number of nitrogens with two attached hydrogens (primary N) is 1. The molecule has 2 heterocycles. The van der Waals surface area contributed by atoms with Gasteiger partial charge in [-0.15, -0.1) is 0 Å². The Kier molecular flexibility index (Phi) is 3.07. The third-order valence-electron chi connectivity index (χ3n) is 2.99. The normalized spacial score (nSPS) is 17.0. The summed E-state index contributed by atoms with van der Waals surface area (Å²) in [5.74, 6) is 0.335. The Labute approximate surface area is 95.0 Å². The Bertz CT molecular complexity index is 431. The summed E-state index contributed by atoms with van der Waals surface area (Å²) >= 11 is 0. The molecule has 4 nitrogen and oxygen atoms in total. The molecule has 1 saturated heterocycles. The monoisotopic (exact) mass is 217 g/mol. The molecule has 1 aromatic rings. The molecule has 1 fully saturated rings. The molecule has 0 unspecified atom stereocenters. The molecule has 0 aromatic carbocycles. The minimum Gasteiger partial charge on any atom is -0.397 e. The van der Waals surface area contributed by atoms with Crippen molar-refractivity contribution >= 4 is 5.69 Å². The largest absolute Gasteiger partial charge is 0.397 e. The molecule has 4 heteroatoms. The number of hydrogen-bond donors (Lipinski definition) is 1. The maximum absolute atomic E-state index is 8.95. The van der Waals surface area contributed by atoms with E-state index in [1.54, 1.807) is 0 Å². The number of ether oxygens (including phenoxy) is 1. The van der Waals surface area contributed by atoms with Crippen LogP contribution in [-0.4, -0.2) is 18.2 Å². The fraction of sp³-hybridized carbons (Fsp3) is 0.500. The average Bonchev–Trinajstić information content (AvgIpc) is 2.30. The third kappa shape index (κ3) is 2.00. The van der Waals surface area contributed by atoms with Crippen LogP contribution in [0.25, 0.3) is 0 Å². The van der Waals surface area contributed by atoms with Crippen molar-refractivity contribution in [3.63, 3.8) is 0 Å². The summed E-state index contributed by atoms with van der Waals surface area (Å²) in [6.07, 6.45) is 1.87. The fourth-order valence-corrected chi connectivity index (χ4v) is 2.06. The van der Waals surface area contributed by atoms with Gasteiger partial charge in [0.1, 0.15) is 11.8 Å². The summed E-state index contributed by atoms with van der Waals surface area (Å²) in [4.78, 5) is 4.37. The maximum Gasteiger partial charge on any atom is 0.143 e. The first-order valence-electron chi connectivity index (χ1n) is 5.47. The highest BCUT2D eigenvalue weighted by Gasteiger charge is 2.20. The van der Waals surface area contributed by atoms with Crippen LogP contribution in [-0.2, 0) is 4.74 Å². The zero-order valence-corrected chi connectivity index (χ0v) is 9.36. The molecule has 1 aliphatic rings. The van der Waals surface area contributed by atoms with Crippen LogP contribution in [0.3, 0.4) is 0 Å². The van der Waals surface area contributed by atoms with Gasteiger partial charge in [-0.2, -0.15) is 5.26 Å². The molecular weight excluding hydrogens is 202 g/mol.